The molecule has 0 aliphatic carbocycles. The second kappa shape index (κ2) is 5.99. The molecule has 0 bridgehead atoms. The second-order valence-electron chi connectivity index (χ2n) is 3.32. The van der Waals surface area contributed by atoms with Crippen molar-refractivity contribution in [2.24, 2.45) is 5.92 Å². The van der Waals surface area contributed by atoms with Crippen molar-refractivity contribution in [3.05, 3.63) is 0 Å². The van der Waals surface area contributed by atoms with Gasteiger partial charge in [0.15, 0.2) is 0 Å². The lowest BCUT2D eigenvalue weighted by atomic mass is 10.00. The Balaban J connectivity index is 1.95. The number of nitrogens with one attached hydrogen (secondary N) is 2. The van der Waals surface area contributed by atoms with Crippen molar-refractivity contribution in [1.29, 1.82) is 5.26 Å². The summed E-state index contributed by atoms with van der Waals surface area (Å²) in [6.45, 7) is 4.22. The lowest BCUT2D eigenvalue weighted by Crippen LogP contribution is -2.36. The standard InChI is InChI=1S/C9H17N3/c10-4-2-6-12-8-9-3-1-5-11-7-9/h9,11-12H,1-3,5-8H2. The topological polar surface area (TPSA) is 47.9 Å². The Morgan fingerprint density at radius 2 is 2.50 bits per heavy atom. The molecule has 1 aliphatic rings. The second-order valence-corrected chi connectivity index (χ2v) is 3.32. The maximum absolute atomic E-state index is 8.30. The Labute approximate surface area is 74.1 Å². The molecule has 0 spiro atoms. The van der Waals surface area contributed by atoms with Crippen LogP contribution in [0.25, 0.3) is 0 Å². The summed E-state index contributed by atoms with van der Waals surface area (Å²) in [4.78, 5) is 0. The summed E-state index contributed by atoms with van der Waals surface area (Å²) in [6.07, 6.45) is 3.25. The van der Waals surface area contributed by atoms with Crippen LogP contribution in [-0.4, -0.2) is 26.2 Å². The number of rotatable bonds is 4. The van der Waals surface area contributed by atoms with Crippen molar-refractivity contribution >= 4 is 0 Å². The summed E-state index contributed by atoms with van der Waals surface area (Å²) in [5.74, 6) is 0.775. The largest absolute Gasteiger partial charge is 0.316 e. The van der Waals surface area contributed by atoms with Crippen LogP contribution in [-0.2, 0) is 0 Å². The Bertz CT molecular complexity index is 144. The average Bonchev–Trinajstić information content (AvgIpc) is 2.14. The molecule has 68 valence electrons. The quantitative estimate of drug-likeness (QED) is 0.599. The Morgan fingerprint density at radius 3 is 3.17 bits per heavy atom. The fraction of sp³-hybridized carbons (Fsp3) is 0.889. The number of hydrogen-bond acceptors (Lipinski definition) is 3. The minimum absolute atomic E-state index is 0.625. The van der Waals surface area contributed by atoms with Crippen LogP contribution in [0.4, 0.5) is 0 Å². The molecule has 2 N–H and O–H groups in total. The smallest absolute Gasteiger partial charge is 0.0635 e. The van der Waals surface area contributed by atoms with E-state index in [0.29, 0.717) is 6.42 Å². The zero-order valence-corrected chi connectivity index (χ0v) is 7.47. The first-order valence-electron chi connectivity index (χ1n) is 4.72. The van der Waals surface area contributed by atoms with Crippen molar-refractivity contribution in [2.75, 3.05) is 26.2 Å². The van der Waals surface area contributed by atoms with Gasteiger partial charge in [-0.25, -0.2) is 0 Å². The van der Waals surface area contributed by atoms with Gasteiger partial charge in [-0.3, -0.25) is 0 Å². The highest BCUT2D eigenvalue weighted by atomic mass is 14.9. The van der Waals surface area contributed by atoms with Crippen LogP contribution in [0.5, 0.6) is 0 Å². The molecule has 12 heavy (non-hydrogen) atoms. The molecule has 1 heterocycles. The Kier molecular flexibility index (Phi) is 4.74. The molecular formula is C9H17N3. The third-order valence-electron chi connectivity index (χ3n) is 2.25. The molecular weight excluding hydrogens is 150 g/mol. The molecule has 0 amide bonds. The van der Waals surface area contributed by atoms with Crippen molar-refractivity contribution in [3.63, 3.8) is 0 Å². The Morgan fingerprint density at radius 1 is 1.58 bits per heavy atom. The minimum Gasteiger partial charge on any atom is -0.316 e. The average molecular weight is 167 g/mol. The van der Waals surface area contributed by atoms with Gasteiger partial charge >= 0.3 is 0 Å². The van der Waals surface area contributed by atoms with Gasteiger partial charge in [0.05, 0.1) is 6.07 Å². The summed E-state index contributed by atoms with van der Waals surface area (Å²) in [5.41, 5.74) is 0. The van der Waals surface area contributed by atoms with E-state index in [-0.39, 0.29) is 0 Å². The normalized spacial score (nSPS) is 23.4. The molecule has 1 saturated heterocycles. The first kappa shape index (κ1) is 9.50. The van der Waals surface area contributed by atoms with Crippen LogP contribution in [0, 0.1) is 17.2 Å². The molecule has 0 aromatic rings. The summed E-state index contributed by atoms with van der Waals surface area (Å²) >= 11 is 0. The number of nitrogens with zero attached hydrogens (tertiary/aromatic N) is 1. The first-order valence-corrected chi connectivity index (χ1v) is 4.72. The van der Waals surface area contributed by atoms with Gasteiger partial charge in [-0.2, -0.15) is 5.26 Å². The van der Waals surface area contributed by atoms with Gasteiger partial charge in [0.1, 0.15) is 0 Å². The molecule has 1 rings (SSSR count). The fourth-order valence-corrected chi connectivity index (χ4v) is 1.55. The summed E-state index contributed by atoms with van der Waals surface area (Å²) in [5, 5.41) is 15.0. The maximum Gasteiger partial charge on any atom is 0.0635 e. The number of hydrogen-bond donors (Lipinski definition) is 2. The molecule has 3 nitrogen and oxygen atoms in total. The predicted molar refractivity (Wildman–Crippen MR) is 48.7 cm³/mol. The van der Waals surface area contributed by atoms with Gasteiger partial charge in [-0.1, -0.05) is 0 Å². The van der Waals surface area contributed by atoms with Crippen LogP contribution in [0.2, 0.25) is 0 Å². The zero-order valence-electron chi connectivity index (χ0n) is 7.47. The third-order valence-corrected chi connectivity index (χ3v) is 2.25. The van der Waals surface area contributed by atoms with E-state index in [1.54, 1.807) is 0 Å². The summed E-state index contributed by atoms with van der Waals surface area (Å²) in [6, 6.07) is 2.13. The third kappa shape index (κ3) is 3.70. The maximum atomic E-state index is 8.30. The van der Waals surface area contributed by atoms with E-state index in [9.17, 15) is 0 Å². The van der Waals surface area contributed by atoms with Crippen LogP contribution in [0.1, 0.15) is 19.3 Å². The van der Waals surface area contributed by atoms with Gasteiger partial charge in [-0.05, 0) is 38.4 Å². The molecule has 1 aliphatic heterocycles. The van der Waals surface area contributed by atoms with Gasteiger partial charge in [0.2, 0.25) is 0 Å². The van der Waals surface area contributed by atoms with E-state index < -0.39 is 0 Å². The van der Waals surface area contributed by atoms with Crippen molar-refractivity contribution in [2.45, 2.75) is 19.3 Å². The molecule has 1 fully saturated rings. The molecule has 0 saturated carbocycles. The van der Waals surface area contributed by atoms with Crippen LogP contribution < -0.4 is 10.6 Å². The van der Waals surface area contributed by atoms with Crippen molar-refractivity contribution in [1.82, 2.24) is 10.6 Å². The molecule has 0 aromatic heterocycles. The van der Waals surface area contributed by atoms with Crippen LogP contribution in [0.3, 0.4) is 0 Å². The summed E-state index contributed by atoms with van der Waals surface area (Å²) < 4.78 is 0. The number of piperidine rings is 1. The predicted octanol–water partition coefficient (Wildman–Crippen LogP) is 0.489. The van der Waals surface area contributed by atoms with E-state index in [0.717, 1.165) is 25.6 Å². The van der Waals surface area contributed by atoms with E-state index >= 15 is 0 Å². The molecule has 1 unspecified atom stereocenters. The lowest BCUT2D eigenvalue weighted by Gasteiger charge is -2.22. The van der Waals surface area contributed by atoms with E-state index in [4.69, 9.17) is 5.26 Å². The van der Waals surface area contributed by atoms with Crippen molar-refractivity contribution in [3.8, 4) is 6.07 Å². The highest BCUT2D eigenvalue weighted by Gasteiger charge is 2.11. The lowest BCUT2D eigenvalue weighted by molar-refractivity contribution is 0.362. The van der Waals surface area contributed by atoms with Crippen LogP contribution in [0.15, 0.2) is 0 Å². The van der Waals surface area contributed by atoms with Gasteiger partial charge in [-0.15, -0.1) is 0 Å². The van der Waals surface area contributed by atoms with E-state index in [2.05, 4.69) is 16.7 Å². The molecule has 1 atom stereocenters. The molecule has 0 radical (unpaired) electrons. The SMILES string of the molecule is N#CCCNCC1CCCNC1. The minimum atomic E-state index is 0.625. The van der Waals surface area contributed by atoms with Gasteiger partial charge < -0.3 is 10.6 Å². The fourth-order valence-electron chi connectivity index (χ4n) is 1.55. The van der Waals surface area contributed by atoms with Crippen molar-refractivity contribution < 1.29 is 0 Å². The van der Waals surface area contributed by atoms with E-state index in [1.165, 1.54) is 19.4 Å². The van der Waals surface area contributed by atoms with Gasteiger partial charge in [0, 0.05) is 13.0 Å². The van der Waals surface area contributed by atoms with E-state index in [1.807, 2.05) is 0 Å². The summed E-state index contributed by atoms with van der Waals surface area (Å²) in [7, 11) is 0. The highest BCUT2D eigenvalue weighted by Crippen LogP contribution is 2.07. The monoisotopic (exact) mass is 167 g/mol. The molecule has 0 aromatic carbocycles. The highest BCUT2D eigenvalue weighted by molar-refractivity contribution is 4.74. The zero-order chi connectivity index (χ0) is 8.65. The Hall–Kier alpha value is -0.590. The van der Waals surface area contributed by atoms with Crippen LogP contribution >= 0.6 is 0 Å². The van der Waals surface area contributed by atoms with Gasteiger partial charge in [0.25, 0.3) is 0 Å². The molecule has 3 heteroatoms. The first-order chi connectivity index (χ1) is 5.93. The number of nitriles is 1.